The molecule has 0 saturated heterocycles. The SMILES string of the molecule is O=C(O)CCC(=O)N1N=C2C(=Cc3ccc(Cl)cc3)CCCC2C1c1ccc(Cl)cc1. The zero-order valence-electron chi connectivity index (χ0n) is 16.8. The van der Waals surface area contributed by atoms with E-state index >= 15 is 0 Å². The number of hydrogen-bond donors (Lipinski definition) is 1. The van der Waals surface area contributed by atoms with Crippen molar-refractivity contribution in [1.82, 2.24) is 5.01 Å². The molecule has 0 aromatic heterocycles. The highest BCUT2D eigenvalue weighted by Gasteiger charge is 2.43. The largest absolute Gasteiger partial charge is 0.481 e. The quantitative estimate of drug-likeness (QED) is 0.601. The first-order valence-corrected chi connectivity index (χ1v) is 11.0. The maximum absolute atomic E-state index is 12.9. The van der Waals surface area contributed by atoms with Crippen LogP contribution < -0.4 is 0 Å². The lowest BCUT2D eigenvalue weighted by molar-refractivity contribution is -0.141. The number of carbonyl (C=O) groups is 2. The van der Waals surface area contributed by atoms with E-state index in [9.17, 15) is 9.59 Å². The molecule has 160 valence electrons. The van der Waals surface area contributed by atoms with Crippen LogP contribution in [-0.2, 0) is 9.59 Å². The van der Waals surface area contributed by atoms with E-state index in [0.717, 1.165) is 41.7 Å². The number of hydrogen-bond acceptors (Lipinski definition) is 3. The highest BCUT2D eigenvalue weighted by atomic mass is 35.5. The Balaban J connectivity index is 1.70. The van der Waals surface area contributed by atoms with E-state index in [0.29, 0.717) is 10.0 Å². The molecule has 1 heterocycles. The molecular weight excluding hydrogens is 435 g/mol. The Hall–Kier alpha value is -2.63. The van der Waals surface area contributed by atoms with Gasteiger partial charge in [0.25, 0.3) is 0 Å². The van der Waals surface area contributed by atoms with Crippen molar-refractivity contribution in [3.05, 3.63) is 75.3 Å². The Kier molecular flexibility index (Phi) is 6.44. The van der Waals surface area contributed by atoms with Crippen LogP contribution >= 0.6 is 23.2 Å². The van der Waals surface area contributed by atoms with Gasteiger partial charge in [0.05, 0.1) is 18.2 Å². The first-order valence-electron chi connectivity index (χ1n) is 10.3. The Morgan fingerprint density at radius 2 is 1.68 bits per heavy atom. The average Bonchev–Trinajstić information content (AvgIpc) is 3.15. The molecule has 2 aromatic carbocycles. The molecule has 1 aliphatic heterocycles. The van der Waals surface area contributed by atoms with Gasteiger partial charge in [-0.1, -0.05) is 47.5 Å². The van der Waals surface area contributed by atoms with E-state index in [1.165, 1.54) is 5.01 Å². The molecule has 2 atom stereocenters. The second-order valence-corrected chi connectivity index (χ2v) is 8.71. The predicted octanol–water partition coefficient (Wildman–Crippen LogP) is 5.98. The molecule has 4 rings (SSSR count). The van der Waals surface area contributed by atoms with E-state index in [1.807, 2.05) is 48.5 Å². The standard InChI is InChI=1S/C24H22Cl2N2O3/c25-18-8-4-15(5-9-18)14-17-2-1-3-20-23(17)27-28(21(29)12-13-22(30)31)24(20)16-6-10-19(26)11-7-16/h4-11,14,20,24H,1-3,12-13H2,(H,30,31). The van der Waals surface area contributed by atoms with Crippen molar-refractivity contribution in [1.29, 1.82) is 0 Å². The summed E-state index contributed by atoms with van der Waals surface area (Å²) in [4.78, 5) is 23.9. The first-order chi connectivity index (χ1) is 14.9. The van der Waals surface area contributed by atoms with Crippen LogP contribution in [0.1, 0.15) is 49.3 Å². The second kappa shape index (κ2) is 9.25. The Morgan fingerprint density at radius 3 is 2.32 bits per heavy atom. The molecule has 2 unspecified atom stereocenters. The van der Waals surface area contributed by atoms with Gasteiger partial charge in [-0.3, -0.25) is 9.59 Å². The topological polar surface area (TPSA) is 70.0 Å². The van der Waals surface area contributed by atoms with E-state index < -0.39 is 5.97 Å². The third-order valence-electron chi connectivity index (χ3n) is 5.73. The number of halogens is 2. The molecule has 0 radical (unpaired) electrons. The maximum atomic E-state index is 12.9. The van der Waals surface area contributed by atoms with E-state index in [1.54, 1.807) is 0 Å². The summed E-state index contributed by atoms with van der Waals surface area (Å²) >= 11 is 12.1. The number of hydrazone groups is 1. The highest BCUT2D eigenvalue weighted by molar-refractivity contribution is 6.30. The number of nitrogens with zero attached hydrogens (tertiary/aromatic N) is 2. The zero-order chi connectivity index (χ0) is 22.0. The number of benzene rings is 2. The van der Waals surface area contributed by atoms with Gasteiger partial charge in [-0.05, 0) is 66.3 Å². The molecule has 1 N–H and O–H groups in total. The smallest absolute Gasteiger partial charge is 0.303 e. The first kappa shape index (κ1) is 21.6. The number of fused-ring (bicyclic) bond motifs is 1. The zero-order valence-corrected chi connectivity index (χ0v) is 18.3. The number of rotatable bonds is 5. The predicted molar refractivity (Wildman–Crippen MR) is 122 cm³/mol. The fourth-order valence-corrected chi connectivity index (χ4v) is 4.54. The second-order valence-electron chi connectivity index (χ2n) is 7.83. The van der Waals surface area contributed by atoms with E-state index in [4.69, 9.17) is 33.4 Å². The number of allylic oxidation sites excluding steroid dienone is 1. The van der Waals surface area contributed by atoms with Gasteiger partial charge in [0, 0.05) is 22.4 Å². The monoisotopic (exact) mass is 456 g/mol. The van der Waals surface area contributed by atoms with Gasteiger partial charge in [-0.2, -0.15) is 5.10 Å². The van der Waals surface area contributed by atoms with Gasteiger partial charge in [0.15, 0.2) is 0 Å². The summed E-state index contributed by atoms with van der Waals surface area (Å²) in [5.41, 5.74) is 3.99. The molecule has 2 aliphatic rings. The summed E-state index contributed by atoms with van der Waals surface area (Å²) in [6.07, 6.45) is 4.58. The molecule has 5 nitrogen and oxygen atoms in total. The fraction of sp³-hybridized carbons (Fsp3) is 0.292. The summed E-state index contributed by atoms with van der Waals surface area (Å²) in [5, 5.41) is 16.6. The minimum absolute atomic E-state index is 0.0576. The number of aliphatic carboxylic acids is 1. The van der Waals surface area contributed by atoms with Gasteiger partial charge in [-0.15, -0.1) is 0 Å². The van der Waals surface area contributed by atoms with Gasteiger partial charge >= 0.3 is 5.97 Å². The van der Waals surface area contributed by atoms with Crippen LogP contribution in [0.2, 0.25) is 10.0 Å². The van der Waals surface area contributed by atoms with Crippen LogP contribution in [0.5, 0.6) is 0 Å². The minimum Gasteiger partial charge on any atom is -0.481 e. The Bertz CT molecular complexity index is 1050. The van der Waals surface area contributed by atoms with Gasteiger partial charge in [-0.25, -0.2) is 5.01 Å². The normalized spacial score (nSPS) is 21.7. The minimum atomic E-state index is -0.996. The van der Waals surface area contributed by atoms with Crippen molar-refractivity contribution >= 4 is 46.9 Å². The van der Waals surface area contributed by atoms with Crippen LogP contribution in [0.15, 0.2) is 59.2 Å². The number of carbonyl (C=O) groups excluding carboxylic acids is 1. The van der Waals surface area contributed by atoms with Crippen molar-refractivity contribution in [3.8, 4) is 0 Å². The van der Waals surface area contributed by atoms with Crippen molar-refractivity contribution in [3.63, 3.8) is 0 Å². The highest BCUT2D eigenvalue weighted by Crippen LogP contribution is 2.44. The lowest BCUT2D eigenvalue weighted by atomic mass is 9.77. The summed E-state index contributed by atoms with van der Waals surface area (Å²) in [5.74, 6) is -1.22. The van der Waals surface area contributed by atoms with Crippen LogP contribution in [0.3, 0.4) is 0 Å². The molecule has 1 amide bonds. The summed E-state index contributed by atoms with van der Waals surface area (Å²) in [7, 11) is 0. The third-order valence-corrected chi connectivity index (χ3v) is 6.24. The van der Waals surface area contributed by atoms with Crippen LogP contribution in [-0.4, -0.2) is 27.7 Å². The number of carboxylic acid groups (broad SMARTS) is 1. The van der Waals surface area contributed by atoms with E-state index in [-0.39, 0.29) is 30.7 Å². The van der Waals surface area contributed by atoms with E-state index in [2.05, 4.69) is 6.08 Å². The molecule has 7 heteroatoms. The van der Waals surface area contributed by atoms with Gasteiger partial charge < -0.3 is 5.11 Å². The van der Waals surface area contributed by atoms with Crippen LogP contribution in [0.25, 0.3) is 6.08 Å². The maximum Gasteiger partial charge on any atom is 0.303 e. The Morgan fingerprint density at radius 1 is 1.03 bits per heavy atom. The summed E-state index contributed by atoms with van der Waals surface area (Å²) in [6, 6.07) is 14.8. The van der Waals surface area contributed by atoms with Gasteiger partial charge in [0.1, 0.15) is 0 Å². The Labute approximate surface area is 191 Å². The van der Waals surface area contributed by atoms with Crippen molar-refractivity contribution in [2.75, 3.05) is 0 Å². The molecular formula is C24H22Cl2N2O3. The molecule has 2 aromatic rings. The van der Waals surface area contributed by atoms with Crippen molar-refractivity contribution in [2.45, 2.75) is 38.1 Å². The third kappa shape index (κ3) is 4.83. The van der Waals surface area contributed by atoms with Crippen molar-refractivity contribution in [2.24, 2.45) is 11.0 Å². The molecule has 0 bridgehead atoms. The molecule has 0 spiro atoms. The van der Waals surface area contributed by atoms with Gasteiger partial charge in [0.2, 0.25) is 5.91 Å². The molecule has 31 heavy (non-hydrogen) atoms. The van der Waals surface area contributed by atoms with Crippen molar-refractivity contribution < 1.29 is 14.7 Å². The molecule has 1 fully saturated rings. The lowest BCUT2D eigenvalue weighted by Gasteiger charge is -2.29. The number of carboxylic acids is 1. The van der Waals surface area contributed by atoms with Crippen LogP contribution in [0.4, 0.5) is 0 Å². The number of amides is 1. The molecule has 1 aliphatic carbocycles. The lowest BCUT2D eigenvalue weighted by Crippen LogP contribution is -2.32. The average molecular weight is 457 g/mol. The summed E-state index contributed by atoms with van der Waals surface area (Å²) < 4.78 is 0. The summed E-state index contributed by atoms with van der Waals surface area (Å²) in [6.45, 7) is 0. The fourth-order valence-electron chi connectivity index (χ4n) is 4.29. The van der Waals surface area contributed by atoms with Crippen LogP contribution in [0, 0.1) is 5.92 Å². The molecule has 1 saturated carbocycles.